The number of aliphatic imine (C=N–C) groups is 1. The molecular formula is C18H27IN6. The van der Waals surface area contributed by atoms with Gasteiger partial charge in [-0.1, -0.05) is 13.8 Å². The Morgan fingerprint density at radius 3 is 2.60 bits per heavy atom. The van der Waals surface area contributed by atoms with Crippen LogP contribution in [0, 0.1) is 5.41 Å². The van der Waals surface area contributed by atoms with Gasteiger partial charge in [-0.2, -0.15) is 5.10 Å². The number of halogens is 1. The Morgan fingerprint density at radius 1 is 1.28 bits per heavy atom. The van der Waals surface area contributed by atoms with Gasteiger partial charge in [0.05, 0.1) is 0 Å². The summed E-state index contributed by atoms with van der Waals surface area (Å²) in [6.45, 7) is 10.9. The van der Waals surface area contributed by atoms with Crippen LogP contribution in [0.5, 0.6) is 0 Å². The van der Waals surface area contributed by atoms with Gasteiger partial charge in [0, 0.05) is 49.7 Å². The van der Waals surface area contributed by atoms with Crippen molar-refractivity contribution in [3.63, 3.8) is 0 Å². The second kappa shape index (κ2) is 7.31. The molecule has 0 aliphatic carbocycles. The van der Waals surface area contributed by atoms with E-state index in [2.05, 4.69) is 53.0 Å². The van der Waals surface area contributed by atoms with Crippen molar-refractivity contribution in [2.45, 2.75) is 39.8 Å². The van der Waals surface area contributed by atoms with Crippen molar-refractivity contribution in [3.05, 3.63) is 42.4 Å². The Morgan fingerprint density at radius 2 is 2.04 bits per heavy atom. The average molecular weight is 454 g/mol. The molecule has 2 aromatic heterocycles. The molecule has 1 aliphatic rings. The number of rotatable bonds is 3. The number of nitrogens with one attached hydrogen (secondary N) is 1. The minimum atomic E-state index is 0. The van der Waals surface area contributed by atoms with Crippen LogP contribution in [0.2, 0.25) is 0 Å². The molecule has 3 rings (SSSR count). The third-order valence-electron chi connectivity index (χ3n) is 5.35. The highest BCUT2D eigenvalue weighted by atomic mass is 127. The second-order valence-electron chi connectivity index (χ2n) is 7.40. The van der Waals surface area contributed by atoms with E-state index in [0.717, 1.165) is 23.9 Å². The van der Waals surface area contributed by atoms with E-state index in [0.29, 0.717) is 6.54 Å². The maximum absolute atomic E-state index is 4.46. The predicted octanol–water partition coefficient (Wildman–Crippen LogP) is 3.08. The van der Waals surface area contributed by atoms with Gasteiger partial charge in [0.2, 0.25) is 0 Å². The van der Waals surface area contributed by atoms with Crippen molar-refractivity contribution < 1.29 is 0 Å². The number of hydrogen-bond acceptors (Lipinski definition) is 3. The summed E-state index contributed by atoms with van der Waals surface area (Å²) in [6.07, 6.45) is 5.46. The molecule has 0 aromatic carbocycles. The Balaban J connectivity index is 0.00000225. The third-order valence-corrected chi connectivity index (χ3v) is 5.35. The zero-order valence-electron chi connectivity index (χ0n) is 15.5. The van der Waals surface area contributed by atoms with E-state index < -0.39 is 0 Å². The van der Waals surface area contributed by atoms with Gasteiger partial charge in [-0.3, -0.25) is 4.99 Å². The topological polar surface area (TPSA) is 58.3 Å². The molecule has 0 radical (unpaired) electrons. The predicted molar refractivity (Wildman–Crippen MR) is 112 cm³/mol. The van der Waals surface area contributed by atoms with Crippen LogP contribution < -0.4 is 5.32 Å². The van der Waals surface area contributed by atoms with Crippen LogP contribution in [0.4, 0.5) is 0 Å². The molecule has 0 unspecified atom stereocenters. The second-order valence-corrected chi connectivity index (χ2v) is 7.40. The molecule has 0 spiro atoms. The van der Waals surface area contributed by atoms with Crippen molar-refractivity contribution in [2.75, 3.05) is 13.6 Å². The molecule has 0 atom stereocenters. The molecule has 1 aliphatic heterocycles. The summed E-state index contributed by atoms with van der Waals surface area (Å²) in [7, 11) is 1.84. The molecule has 1 N–H and O–H groups in total. The van der Waals surface area contributed by atoms with Crippen LogP contribution in [-0.4, -0.2) is 44.8 Å². The van der Waals surface area contributed by atoms with Crippen molar-refractivity contribution in [1.82, 2.24) is 25.0 Å². The van der Waals surface area contributed by atoms with Gasteiger partial charge in [0.15, 0.2) is 11.8 Å². The summed E-state index contributed by atoms with van der Waals surface area (Å²) in [6, 6.07) is 5.94. The van der Waals surface area contributed by atoms with Gasteiger partial charge in [-0.25, -0.2) is 9.67 Å². The van der Waals surface area contributed by atoms with Gasteiger partial charge < -0.3 is 10.2 Å². The van der Waals surface area contributed by atoms with Crippen molar-refractivity contribution >= 4 is 29.9 Å². The fraction of sp³-hybridized carbons (Fsp3) is 0.500. The first kappa shape index (κ1) is 19.7. The third kappa shape index (κ3) is 3.65. The van der Waals surface area contributed by atoms with E-state index >= 15 is 0 Å². The lowest BCUT2D eigenvalue weighted by atomic mass is 9.65. The number of nitrogens with zero attached hydrogens (tertiary/aromatic N) is 5. The van der Waals surface area contributed by atoms with Gasteiger partial charge >= 0.3 is 0 Å². The number of aromatic nitrogens is 3. The summed E-state index contributed by atoms with van der Waals surface area (Å²) in [5.74, 6) is 1.76. The highest BCUT2D eigenvalue weighted by Crippen LogP contribution is 2.46. The lowest BCUT2D eigenvalue weighted by Crippen LogP contribution is -2.72. The van der Waals surface area contributed by atoms with Gasteiger partial charge in [-0.15, -0.1) is 24.0 Å². The molecule has 2 aromatic rings. The molecule has 0 bridgehead atoms. The van der Waals surface area contributed by atoms with Crippen LogP contribution in [-0.2, 0) is 6.54 Å². The van der Waals surface area contributed by atoms with Crippen molar-refractivity contribution in [2.24, 2.45) is 10.4 Å². The van der Waals surface area contributed by atoms with Crippen LogP contribution in [0.25, 0.3) is 5.82 Å². The number of guanidine groups is 1. The maximum atomic E-state index is 4.46. The largest absolute Gasteiger partial charge is 0.352 e. The first-order valence-electron chi connectivity index (χ1n) is 8.28. The van der Waals surface area contributed by atoms with E-state index in [9.17, 15) is 0 Å². The summed E-state index contributed by atoms with van der Waals surface area (Å²) in [5.41, 5.74) is 1.52. The zero-order chi connectivity index (χ0) is 17.4. The van der Waals surface area contributed by atoms with Crippen molar-refractivity contribution in [1.29, 1.82) is 0 Å². The summed E-state index contributed by atoms with van der Waals surface area (Å²) >= 11 is 0. The zero-order valence-corrected chi connectivity index (χ0v) is 17.9. The Labute approximate surface area is 166 Å². The monoisotopic (exact) mass is 454 g/mol. The first-order chi connectivity index (χ1) is 11.3. The number of likely N-dealkylation sites (tertiary alicyclic amines) is 1. The van der Waals surface area contributed by atoms with Crippen LogP contribution in [0.1, 0.15) is 33.3 Å². The maximum Gasteiger partial charge on any atom is 0.194 e. The summed E-state index contributed by atoms with van der Waals surface area (Å²) < 4.78 is 1.76. The molecule has 6 nitrogen and oxygen atoms in total. The fourth-order valence-corrected chi connectivity index (χ4v) is 2.98. The summed E-state index contributed by atoms with van der Waals surface area (Å²) in [4.78, 5) is 11.2. The quantitative estimate of drug-likeness (QED) is 0.440. The lowest BCUT2D eigenvalue weighted by Gasteiger charge is -2.62. The van der Waals surface area contributed by atoms with Gasteiger partial charge in [-0.05, 0) is 37.6 Å². The molecular weight excluding hydrogens is 427 g/mol. The van der Waals surface area contributed by atoms with E-state index in [4.69, 9.17) is 0 Å². The molecule has 136 valence electrons. The molecule has 0 amide bonds. The standard InChI is InChI=1S/C18H26N6.HI/c1-17(2)13-23(18(17,3)4)16(19-5)21-12-14-7-9-20-15(11-14)24-10-6-8-22-24;/h6-11H,12-13H2,1-5H3,(H,19,21);1H. The van der Waals surface area contributed by atoms with Crippen molar-refractivity contribution in [3.8, 4) is 5.82 Å². The fourth-order valence-electron chi connectivity index (χ4n) is 2.98. The Kier molecular flexibility index (Phi) is 5.75. The van der Waals surface area contributed by atoms with E-state index in [-0.39, 0.29) is 34.9 Å². The summed E-state index contributed by atoms with van der Waals surface area (Å²) in [5, 5.41) is 7.70. The van der Waals surface area contributed by atoms with Crippen LogP contribution in [0.15, 0.2) is 41.8 Å². The van der Waals surface area contributed by atoms with E-state index in [1.165, 1.54) is 0 Å². The average Bonchev–Trinajstić information content (AvgIpc) is 3.09. The molecule has 1 saturated heterocycles. The molecule has 3 heterocycles. The van der Waals surface area contributed by atoms with Crippen LogP contribution in [0.3, 0.4) is 0 Å². The molecule has 7 heteroatoms. The first-order valence-corrected chi connectivity index (χ1v) is 8.28. The lowest BCUT2D eigenvalue weighted by molar-refractivity contribution is -0.0667. The molecule has 1 fully saturated rings. The Hall–Kier alpha value is -1.64. The van der Waals surface area contributed by atoms with Crippen LogP contribution >= 0.6 is 24.0 Å². The SMILES string of the molecule is CN=C(NCc1ccnc(-n2cccn2)c1)N1CC(C)(C)C1(C)C.I. The molecule has 0 saturated carbocycles. The van der Waals surface area contributed by atoms with Gasteiger partial charge in [0.1, 0.15) is 0 Å². The van der Waals surface area contributed by atoms with Gasteiger partial charge in [0.25, 0.3) is 0 Å². The number of hydrogen-bond donors (Lipinski definition) is 1. The Bertz CT molecular complexity index is 736. The smallest absolute Gasteiger partial charge is 0.194 e. The number of pyridine rings is 1. The highest BCUT2D eigenvalue weighted by Gasteiger charge is 2.53. The minimum absolute atomic E-state index is 0. The minimum Gasteiger partial charge on any atom is -0.352 e. The highest BCUT2D eigenvalue weighted by molar-refractivity contribution is 14.0. The van der Waals surface area contributed by atoms with E-state index in [1.54, 1.807) is 10.9 Å². The molecule has 25 heavy (non-hydrogen) atoms. The normalized spacial score (nSPS) is 18.3. The van der Waals surface area contributed by atoms with E-state index in [1.807, 2.05) is 37.6 Å².